The first-order valence-corrected chi connectivity index (χ1v) is 6.48. The van der Waals surface area contributed by atoms with Crippen molar-refractivity contribution in [1.82, 2.24) is 0 Å². The highest BCUT2D eigenvalue weighted by Gasteiger charge is 2.10. The van der Waals surface area contributed by atoms with Crippen molar-refractivity contribution >= 4 is 47.1 Å². The predicted molar refractivity (Wildman–Crippen MR) is 78.5 cm³/mol. The van der Waals surface area contributed by atoms with E-state index in [0.29, 0.717) is 22.0 Å². The molecule has 1 amide bonds. The van der Waals surface area contributed by atoms with Crippen LogP contribution in [-0.2, 0) is 20.8 Å². The summed E-state index contributed by atoms with van der Waals surface area (Å²) in [4.78, 5) is 29.5. The van der Waals surface area contributed by atoms with Gasteiger partial charge in [-0.2, -0.15) is 0 Å². The second-order valence-corrected chi connectivity index (χ2v) is 4.48. The molecule has 1 aromatic rings. The van der Waals surface area contributed by atoms with Crippen LogP contribution in [0.3, 0.4) is 0 Å². The molecule has 0 fully saturated rings. The van der Waals surface area contributed by atoms with Gasteiger partial charge < -0.3 is 15.2 Å². The summed E-state index contributed by atoms with van der Waals surface area (Å²) in [5.41, 5.74) is 1.47. The van der Waals surface area contributed by atoms with Crippen LogP contribution in [0.2, 0.25) is 10.0 Å². The number of hydrogen-bond acceptors (Lipinski definition) is 3. The lowest BCUT2D eigenvalue weighted by molar-refractivity contribution is -0.138. The Morgan fingerprint density at radius 1 is 1.35 bits per heavy atom. The fourth-order valence-corrected chi connectivity index (χ4v) is 1.83. The third kappa shape index (κ3) is 6.54. The van der Waals surface area contributed by atoms with Crippen LogP contribution in [0.25, 0.3) is 0 Å². The van der Waals surface area contributed by atoms with Gasteiger partial charge in [0.1, 0.15) is 12.7 Å². The van der Waals surface area contributed by atoms with E-state index in [1.807, 2.05) is 13.0 Å². The van der Waals surface area contributed by atoms with Gasteiger partial charge in [0.15, 0.2) is 0 Å². The van der Waals surface area contributed by atoms with Crippen LogP contribution >= 0.6 is 23.2 Å². The Hall–Kier alpha value is -1.59. The van der Waals surface area contributed by atoms with Crippen LogP contribution in [0.1, 0.15) is 25.8 Å². The summed E-state index contributed by atoms with van der Waals surface area (Å²) in [5, 5.41) is 11.3. The molecule has 1 rings (SSSR count). The maximum absolute atomic E-state index is 10.9. The molecule has 0 aromatic heterocycles. The van der Waals surface area contributed by atoms with Gasteiger partial charge in [0.25, 0.3) is 0 Å². The van der Waals surface area contributed by atoms with Crippen LogP contribution in [0.15, 0.2) is 12.1 Å². The second-order valence-electron chi connectivity index (χ2n) is 3.69. The number of anilines is 1. The third-order valence-corrected chi connectivity index (χ3v) is 2.86. The zero-order valence-electron chi connectivity index (χ0n) is 11.1. The van der Waals surface area contributed by atoms with Crippen molar-refractivity contribution in [3.8, 4) is 0 Å². The molecule has 5 nitrogen and oxygen atoms in total. The van der Waals surface area contributed by atoms with Crippen molar-refractivity contribution in [2.24, 2.45) is 0 Å². The van der Waals surface area contributed by atoms with Crippen molar-refractivity contribution in [2.45, 2.75) is 26.7 Å². The second kappa shape index (κ2) is 9.34. The normalized spacial score (nSPS) is 9.20. The number of rotatable bonds is 4. The van der Waals surface area contributed by atoms with Gasteiger partial charge in [0.05, 0.1) is 15.7 Å². The minimum Gasteiger partial charge on any atom is -0.481 e. The SMILES string of the molecule is CCc1ccc(Cl)c(NC(C)=O)c1Cl.O=CCC(=O)O. The Kier molecular flexibility index (Phi) is 8.59. The number of carbonyl (C=O) groups excluding carboxylic acids is 2. The van der Waals surface area contributed by atoms with E-state index in [0.717, 1.165) is 12.0 Å². The van der Waals surface area contributed by atoms with E-state index in [4.69, 9.17) is 28.3 Å². The summed E-state index contributed by atoms with van der Waals surface area (Å²) in [6, 6.07) is 3.59. The molecule has 0 radical (unpaired) electrons. The number of aldehydes is 1. The van der Waals surface area contributed by atoms with Gasteiger partial charge in [-0.25, -0.2) is 0 Å². The average molecular weight is 320 g/mol. The van der Waals surface area contributed by atoms with Gasteiger partial charge in [-0.1, -0.05) is 36.2 Å². The first-order valence-electron chi connectivity index (χ1n) is 5.73. The molecule has 0 bridgehead atoms. The summed E-state index contributed by atoms with van der Waals surface area (Å²) in [7, 11) is 0. The lowest BCUT2D eigenvalue weighted by Gasteiger charge is -2.10. The van der Waals surface area contributed by atoms with Crippen LogP contribution in [0.5, 0.6) is 0 Å². The molecule has 0 saturated heterocycles. The Labute approximate surface area is 126 Å². The fourth-order valence-electron chi connectivity index (χ4n) is 1.23. The quantitative estimate of drug-likeness (QED) is 0.659. The number of carboxylic acids is 1. The molecule has 0 aliphatic rings. The molecule has 1 aromatic carbocycles. The zero-order chi connectivity index (χ0) is 15.7. The smallest absolute Gasteiger partial charge is 0.310 e. The number of amides is 1. The summed E-state index contributed by atoms with van der Waals surface area (Å²) < 4.78 is 0. The van der Waals surface area contributed by atoms with E-state index < -0.39 is 5.97 Å². The highest BCUT2D eigenvalue weighted by molar-refractivity contribution is 6.40. The first kappa shape index (κ1) is 18.4. The van der Waals surface area contributed by atoms with E-state index in [9.17, 15) is 14.4 Å². The summed E-state index contributed by atoms with van der Waals surface area (Å²) in [6.07, 6.45) is 0.769. The van der Waals surface area contributed by atoms with Crippen molar-refractivity contribution in [1.29, 1.82) is 0 Å². The summed E-state index contributed by atoms with van der Waals surface area (Å²) in [6.45, 7) is 3.41. The minimum absolute atomic E-state index is 0.179. The molecule has 0 atom stereocenters. The largest absolute Gasteiger partial charge is 0.481 e. The number of nitrogens with one attached hydrogen (secondary N) is 1. The van der Waals surface area contributed by atoms with Crippen molar-refractivity contribution < 1.29 is 19.5 Å². The summed E-state index contributed by atoms with van der Waals surface area (Å²) in [5.74, 6) is -1.26. The van der Waals surface area contributed by atoms with Crippen LogP contribution in [-0.4, -0.2) is 23.3 Å². The Morgan fingerprint density at radius 2 is 1.95 bits per heavy atom. The molecule has 0 aliphatic heterocycles. The Bertz CT molecular complexity index is 503. The number of halogens is 2. The number of carboxylic acid groups (broad SMARTS) is 1. The van der Waals surface area contributed by atoms with Gasteiger partial charge in [0, 0.05) is 6.92 Å². The van der Waals surface area contributed by atoms with Crippen molar-refractivity contribution in [3.05, 3.63) is 27.7 Å². The standard InChI is InChI=1S/C10H11Cl2NO.C3H4O3/c1-3-7-4-5-8(11)10(9(7)12)13-6(2)14;4-2-1-3(5)6/h4-5H,3H2,1-2H3,(H,13,14);2H,1H2,(H,5,6). The van der Waals surface area contributed by atoms with Gasteiger partial charge in [-0.3, -0.25) is 9.59 Å². The number of aliphatic carboxylic acids is 1. The predicted octanol–water partition coefficient (Wildman–Crippen LogP) is 3.17. The van der Waals surface area contributed by atoms with Crippen LogP contribution < -0.4 is 5.32 Å². The average Bonchev–Trinajstić information content (AvgIpc) is 2.35. The number of benzene rings is 1. The van der Waals surface area contributed by atoms with Crippen molar-refractivity contribution in [3.63, 3.8) is 0 Å². The molecular formula is C13H15Cl2NO4. The lowest BCUT2D eigenvalue weighted by Crippen LogP contribution is -2.07. The topological polar surface area (TPSA) is 83.5 Å². The Morgan fingerprint density at radius 3 is 2.30 bits per heavy atom. The third-order valence-electron chi connectivity index (χ3n) is 2.11. The zero-order valence-corrected chi connectivity index (χ0v) is 12.6. The molecule has 0 spiro atoms. The van der Waals surface area contributed by atoms with Gasteiger partial charge >= 0.3 is 5.97 Å². The molecule has 2 N–H and O–H groups in total. The molecule has 7 heteroatoms. The highest BCUT2D eigenvalue weighted by Crippen LogP contribution is 2.33. The minimum atomic E-state index is -1.08. The van der Waals surface area contributed by atoms with Crippen molar-refractivity contribution in [2.75, 3.05) is 5.32 Å². The number of carbonyl (C=O) groups is 3. The van der Waals surface area contributed by atoms with Gasteiger partial charge in [-0.05, 0) is 18.1 Å². The van der Waals surface area contributed by atoms with Crippen LogP contribution in [0, 0.1) is 0 Å². The molecule has 0 heterocycles. The van der Waals surface area contributed by atoms with E-state index >= 15 is 0 Å². The molecule has 0 aliphatic carbocycles. The van der Waals surface area contributed by atoms with E-state index in [-0.39, 0.29) is 12.3 Å². The van der Waals surface area contributed by atoms with Crippen LogP contribution in [0.4, 0.5) is 5.69 Å². The van der Waals surface area contributed by atoms with E-state index in [1.165, 1.54) is 6.92 Å². The fraction of sp³-hybridized carbons (Fsp3) is 0.308. The lowest BCUT2D eigenvalue weighted by atomic mass is 10.1. The molecular weight excluding hydrogens is 305 g/mol. The summed E-state index contributed by atoms with van der Waals surface area (Å²) >= 11 is 12.0. The number of hydrogen-bond donors (Lipinski definition) is 2. The van der Waals surface area contributed by atoms with E-state index in [2.05, 4.69) is 5.32 Å². The first-order chi connectivity index (χ1) is 9.33. The monoisotopic (exact) mass is 319 g/mol. The van der Waals surface area contributed by atoms with Gasteiger partial charge in [-0.15, -0.1) is 0 Å². The molecule has 0 saturated carbocycles. The maximum atomic E-state index is 10.9. The van der Waals surface area contributed by atoms with E-state index in [1.54, 1.807) is 6.07 Å². The highest BCUT2D eigenvalue weighted by atomic mass is 35.5. The Balaban J connectivity index is 0.000000511. The maximum Gasteiger partial charge on any atom is 0.310 e. The molecule has 0 unspecified atom stereocenters. The molecule has 110 valence electrons. The molecule has 20 heavy (non-hydrogen) atoms. The van der Waals surface area contributed by atoms with Gasteiger partial charge in [0.2, 0.25) is 5.91 Å². The number of aryl methyl sites for hydroxylation is 1.